The van der Waals surface area contributed by atoms with E-state index in [0.29, 0.717) is 31.1 Å². The summed E-state index contributed by atoms with van der Waals surface area (Å²) in [5.41, 5.74) is 6.58. The molecule has 9 rings (SSSR count). The Morgan fingerprint density at radius 2 is 1.46 bits per heavy atom. The van der Waals surface area contributed by atoms with Gasteiger partial charge in [0.2, 0.25) is 11.8 Å². The zero-order valence-electron chi connectivity index (χ0n) is 38.4. The van der Waals surface area contributed by atoms with Gasteiger partial charge in [-0.15, -0.1) is 0 Å². The molecule has 0 bridgehead atoms. The first-order chi connectivity index (χ1) is 31.2. The van der Waals surface area contributed by atoms with E-state index in [9.17, 15) is 19.2 Å². The second kappa shape index (κ2) is 17.7. The van der Waals surface area contributed by atoms with E-state index in [4.69, 9.17) is 28.9 Å². The van der Waals surface area contributed by atoms with Crippen LogP contribution in [-0.4, -0.2) is 104 Å². The Kier molecular flexibility index (Phi) is 12.0. The molecule has 0 saturated carbocycles. The van der Waals surface area contributed by atoms with Crippen LogP contribution in [0.1, 0.15) is 109 Å². The standard InChI is InChI=1S/C49H60N8O8/c1-24(2)41(54-48(60)62-7)46(58)56-25(3)9-15-38(56)44-50-22-37(52-44)30-11-13-33-32(19-30)23-64-40-21-34-29(20-35(33)40)12-14-36-43(34)53-45(51-36)39-16-10-26(4)57(39)47(59)42(55-49(61)63-8)31-17-27(5)65-28(6)18-31/h11-14,19-22,24-28,31,38-39,41-42H,9-10,15-18,23H2,1-8H3,(H,50,52)(H,51,53)(H,54,60)(H,55,61)/t25-,26-,27-,28+,31+,38-,39-,41-,42-/m0/s1. The molecule has 9 atom stereocenters. The van der Waals surface area contributed by atoms with Crippen molar-refractivity contribution in [3.8, 4) is 28.1 Å². The van der Waals surface area contributed by atoms with Crippen LogP contribution in [0.25, 0.3) is 44.2 Å². The summed E-state index contributed by atoms with van der Waals surface area (Å²) in [4.78, 5) is 74.0. The Bertz CT molecular complexity index is 2630. The number of amides is 4. The highest BCUT2D eigenvalue weighted by Crippen LogP contribution is 2.44. The number of likely N-dealkylation sites (tertiary alicyclic amines) is 2. The third kappa shape index (κ3) is 8.25. The SMILES string of the molecule is COC(=O)N[C@H](C(=O)N1[C@@H](C)CC[C@H]1c1ncc(-c2ccc3c(c2)COc2cc4c(ccc5nc([C@@H]6CC[C@H](C)N6C(=O)[C@@H](NC(=O)OC)[C@H]6C[C@@H](C)O[C@@H](C)C6)[nH]c54)cc2-3)[nH]1)C(C)C. The third-order valence-corrected chi connectivity index (χ3v) is 14.1. The molecule has 2 aromatic heterocycles. The summed E-state index contributed by atoms with van der Waals surface area (Å²) >= 11 is 0. The summed E-state index contributed by atoms with van der Waals surface area (Å²) in [7, 11) is 2.61. The number of fused-ring (bicyclic) bond motifs is 6. The number of methoxy groups -OCH3 is 2. The maximum Gasteiger partial charge on any atom is 0.407 e. The molecule has 0 spiro atoms. The zero-order valence-corrected chi connectivity index (χ0v) is 38.4. The van der Waals surface area contributed by atoms with Gasteiger partial charge in [0.25, 0.3) is 0 Å². The van der Waals surface area contributed by atoms with E-state index in [1.165, 1.54) is 14.2 Å². The fourth-order valence-corrected chi connectivity index (χ4v) is 10.9. The van der Waals surface area contributed by atoms with Crippen LogP contribution in [0.15, 0.2) is 48.7 Å². The molecule has 16 nitrogen and oxygen atoms in total. The van der Waals surface area contributed by atoms with Crippen molar-refractivity contribution in [3.05, 3.63) is 65.9 Å². The molecule has 344 valence electrons. The number of benzene rings is 3. The molecule has 3 aromatic carbocycles. The van der Waals surface area contributed by atoms with Gasteiger partial charge in [-0.1, -0.05) is 32.0 Å². The Labute approximate surface area is 378 Å². The third-order valence-electron chi connectivity index (χ3n) is 14.1. The van der Waals surface area contributed by atoms with E-state index < -0.39 is 24.3 Å². The molecule has 4 aliphatic heterocycles. The minimum absolute atomic E-state index is 0.0193. The fourth-order valence-electron chi connectivity index (χ4n) is 10.9. The minimum atomic E-state index is -0.755. The number of aromatic amines is 2. The number of nitrogens with one attached hydrogen (secondary N) is 4. The Balaban J connectivity index is 0.965. The van der Waals surface area contributed by atoms with Gasteiger partial charge in [-0.3, -0.25) is 9.59 Å². The van der Waals surface area contributed by atoms with Crippen LogP contribution in [0.4, 0.5) is 9.59 Å². The van der Waals surface area contributed by atoms with Gasteiger partial charge < -0.3 is 49.3 Å². The maximum absolute atomic E-state index is 14.6. The lowest BCUT2D eigenvalue weighted by Gasteiger charge is -2.39. The largest absolute Gasteiger partial charge is 0.488 e. The van der Waals surface area contributed by atoms with Crippen LogP contribution in [0.5, 0.6) is 5.75 Å². The van der Waals surface area contributed by atoms with Gasteiger partial charge in [-0.05, 0) is 124 Å². The van der Waals surface area contributed by atoms with E-state index in [1.54, 1.807) is 0 Å². The molecule has 3 saturated heterocycles. The zero-order chi connectivity index (χ0) is 45.8. The van der Waals surface area contributed by atoms with Crippen LogP contribution in [0.3, 0.4) is 0 Å². The first kappa shape index (κ1) is 44.1. The van der Waals surface area contributed by atoms with E-state index in [-0.39, 0.29) is 60.0 Å². The second-order valence-corrected chi connectivity index (χ2v) is 18.8. The van der Waals surface area contributed by atoms with Gasteiger partial charge in [0.05, 0.1) is 61.4 Å². The predicted octanol–water partition coefficient (Wildman–Crippen LogP) is 8.08. The Morgan fingerprint density at radius 3 is 2.15 bits per heavy atom. The minimum Gasteiger partial charge on any atom is -0.488 e. The molecule has 0 aliphatic carbocycles. The molecule has 5 aromatic rings. The molecule has 0 radical (unpaired) electrons. The van der Waals surface area contributed by atoms with Crippen LogP contribution in [0.2, 0.25) is 0 Å². The van der Waals surface area contributed by atoms with Crippen molar-refractivity contribution >= 4 is 45.8 Å². The lowest BCUT2D eigenvalue weighted by Crippen LogP contribution is -2.55. The number of H-pyrrole nitrogens is 2. The van der Waals surface area contributed by atoms with Crippen molar-refractivity contribution in [1.29, 1.82) is 0 Å². The van der Waals surface area contributed by atoms with E-state index in [1.807, 2.05) is 56.7 Å². The first-order valence-electron chi connectivity index (χ1n) is 23.0. The highest BCUT2D eigenvalue weighted by molar-refractivity contribution is 6.07. The lowest BCUT2D eigenvalue weighted by molar-refractivity contribution is -0.140. The van der Waals surface area contributed by atoms with Crippen LogP contribution in [0, 0.1) is 11.8 Å². The van der Waals surface area contributed by atoms with Gasteiger partial charge in [-0.25, -0.2) is 19.6 Å². The average Bonchev–Trinajstić information content (AvgIpc) is 4.11. The van der Waals surface area contributed by atoms with Gasteiger partial charge in [0, 0.05) is 23.0 Å². The van der Waals surface area contributed by atoms with Gasteiger partial charge >= 0.3 is 12.2 Å². The molecule has 6 heterocycles. The lowest BCUT2D eigenvalue weighted by atomic mass is 9.85. The van der Waals surface area contributed by atoms with Crippen molar-refractivity contribution < 1.29 is 38.1 Å². The highest BCUT2D eigenvalue weighted by atomic mass is 16.5. The molecule has 65 heavy (non-hydrogen) atoms. The van der Waals surface area contributed by atoms with Crippen LogP contribution < -0.4 is 15.4 Å². The predicted molar refractivity (Wildman–Crippen MR) is 244 cm³/mol. The van der Waals surface area contributed by atoms with Crippen molar-refractivity contribution in [1.82, 2.24) is 40.4 Å². The smallest absolute Gasteiger partial charge is 0.407 e. The highest BCUT2D eigenvalue weighted by Gasteiger charge is 2.45. The van der Waals surface area contributed by atoms with Gasteiger partial charge in [0.15, 0.2) is 0 Å². The number of aromatic nitrogens is 4. The normalized spacial score (nSPS) is 24.9. The van der Waals surface area contributed by atoms with Crippen LogP contribution in [-0.2, 0) is 30.4 Å². The number of hydrogen-bond donors (Lipinski definition) is 4. The van der Waals surface area contributed by atoms with Gasteiger partial charge in [-0.2, -0.15) is 0 Å². The second-order valence-electron chi connectivity index (χ2n) is 18.8. The number of nitrogens with zero attached hydrogens (tertiary/aromatic N) is 4. The molecule has 0 unspecified atom stereocenters. The topological polar surface area (TPSA) is 193 Å². The van der Waals surface area contributed by atoms with Crippen molar-refractivity contribution in [3.63, 3.8) is 0 Å². The molecule has 4 N–H and O–H groups in total. The van der Waals surface area contributed by atoms with E-state index >= 15 is 0 Å². The van der Waals surface area contributed by atoms with Crippen molar-refractivity contribution in [2.24, 2.45) is 11.8 Å². The summed E-state index contributed by atoms with van der Waals surface area (Å²) < 4.78 is 22.3. The van der Waals surface area contributed by atoms with Crippen molar-refractivity contribution in [2.45, 2.75) is 135 Å². The number of carbonyl (C=O) groups is 4. The summed E-state index contributed by atoms with van der Waals surface area (Å²) in [6.07, 6.45) is 4.91. The monoisotopic (exact) mass is 888 g/mol. The summed E-state index contributed by atoms with van der Waals surface area (Å²) in [6.45, 7) is 12.3. The average molecular weight is 889 g/mol. The van der Waals surface area contributed by atoms with E-state index in [0.717, 1.165) is 81.2 Å². The summed E-state index contributed by atoms with van der Waals surface area (Å²) in [5, 5.41) is 7.62. The number of alkyl carbamates (subject to hydrolysis) is 2. The Hall–Kier alpha value is -6.16. The fraction of sp³-hybridized carbons (Fsp3) is 0.510. The number of rotatable bonds is 9. The first-order valence-corrected chi connectivity index (χ1v) is 23.0. The van der Waals surface area contributed by atoms with E-state index in [2.05, 4.69) is 63.9 Å². The number of hydrogen-bond acceptors (Lipinski definition) is 10. The molecular formula is C49H60N8O8. The van der Waals surface area contributed by atoms with Crippen molar-refractivity contribution in [2.75, 3.05) is 14.2 Å². The molecular weight excluding hydrogens is 829 g/mol. The number of ether oxygens (including phenoxy) is 4. The number of carbonyl (C=O) groups excluding carboxylic acids is 4. The molecule has 16 heteroatoms. The van der Waals surface area contributed by atoms with Crippen LogP contribution >= 0.6 is 0 Å². The quantitative estimate of drug-likeness (QED) is 0.112. The maximum atomic E-state index is 14.6. The molecule has 4 amide bonds. The Morgan fingerprint density at radius 1 is 0.785 bits per heavy atom. The van der Waals surface area contributed by atoms with Gasteiger partial charge in [0.1, 0.15) is 36.1 Å². The number of imidazole rings is 2. The molecule has 4 aliphatic rings. The summed E-state index contributed by atoms with van der Waals surface area (Å²) in [5.74, 6) is 1.67. The molecule has 3 fully saturated rings. The summed E-state index contributed by atoms with van der Waals surface area (Å²) in [6, 6.07) is 12.6.